The van der Waals surface area contributed by atoms with Crippen LogP contribution >= 0.6 is 0 Å². The van der Waals surface area contributed by atoms with Crippen molar-refractivity contribution in [1.82, 2.24) is 35.0 Å². The zero-order chi connectivity index (χ0) is 15.9. The van der Waals surface area contributed by atoms with Gasteiger partial charge in [0.15, 0.2) is 15.7 Å². The normalized spacial score (nSPS) is 24.4. The quantitative estimate of drug-likeness (QED) is 0.791. The van der Waals surface area contributed by atoms with Crippen molar-refractivity contribution in [2.45, 2.75) is 50.6 Å². The first-order valence-electron chi connectivity index (χ1n) is 7.97. The van der Waals surface area contributed by atoms with E-state index in [-0.39, 0.29) is 17.5 Å². The maximum atomic E-state index is 11.8. The highest BCUT2D eigenvalue weighted by Gasteiger charge is 2.33. The maximum absolute atomic E-state index is 11.8. The molecule has 0 spiro atoms. The monoisotopic (exact) mass is 337 g/mol. The molecule has 2 fully saturated rings. The summed E-state index contributed by atoms with van der Waals surface area (Å²) in [5, 5.41) is 15.8. The van der Waals surface area contributed by atoms with Crippen LogP contribution in [0.15, 0.2) is 6.33 Å². The van der Waals surface area contributed by atoms with Crippen LogP contribution in [0.2, 0.25) is 0 Å². The molecule has 0 N–H and O–H groups in total. The summed E-state index contributed by atoms with van der Waals surface area (Å²) in [5.41, 5.74) is 0. The number of nitrogens with zero attached hydrogens (tertiary/aromatic N) is 7. The molecule has 0 aromatic carbocycles. The molecule has 0 amide bonds. The molecule has 0 radical (unpaired) electrons. The van der Waals surface area contributed by atoms with Crippen molar-refractivity contribution in [3.8, 4) is 0 Å². The van der Waals surface area contributed by atoms with E-state index in [1.165, 1.54) is 19.2 Å². The molecule has 1 saturated carbocycles. The van der Waals surface area contributed by atoms with E-state index in [0.29, 0.717) is 18.9 Å². The Bertz CT molecular complexity index is 777. The van der Waals surface area contributed by atoms with E-state index in [1.54, 1.807) is 9.36 Å². The third-order valence-corrected chi connectivity index (χ3v) is 6.44. The lowest BCUT2D eigenvalue weighted by Gasteiger charge is -2.11. The first kappa shape index (κ1) is 14.7. The fourth-order valence-corrected chi connectivity index (χ4v) is 5.19. The van der Waals surface area contributed by atoms with Crippen LogP contribution in [0.4, 0.5) is 0 Å². The Kier molecular flexibility index (Phi) is 3.63. The van der Waals surface area contributed by atoms with Gasteiger partial charge in [-0.15, -0.1) is 5.10 Å². The Balaban J connectivity index is 1.67. The molecule has 1 atom stereocenters. The van der Waals surface area contributed by atoms with Gasteiger partial charge in [-0.05, 0) is 29.7 Å². The third kappa shape index (κ3) is 2.99. The molecular formula is C13H19N7O2S. The molecule has 4 rings (SSSR count). The third-order valence-electron chi connectivity index (χ3n) is 4.69. The average Bonchev–Trinajstić information content (AvgIpc) is 3.25. The van der Waals surface area contributed by atoms with E-state index in [2.05, 4.69) is 20.6 Å². The van der Waals surface area contributed by atoms with E-state index in [9.17, 15) is 8.42 Å². The van der Waals surface area contributed by atoms with Crippen molar-refractivity contribution in [3.63, 3.8) is 0 Å². The summed E-state index contributed by atoms with van der Waals surface area (Å²) in [6.45, 7) is 0.406. The molecule has 124 valence electrons. The predicted octanol–water partition coefficient (Wildman–Crippen LogP) is 0.330. The van der Waals surface area contributed by atoms with Gasteiger partial charge in [0.25, 0.3) is 0 Å². The number of sulfone groups is 1. The van der Waals surface area contributed by atoms with Crippen LogP contribution in [0, 0.1) is 0 Å². The van der Waals surface area contributed by atoms with Gasteiger partial charge in [0.05, 0.1) is 17.5 Å². The first-order valence-corrected chi connectivity index (χ1v) is 9.79. The van der Waals surface area contributed by atoms with Crippen molar-refractivity contribution in [2.75, 3.05) is 11.5 Å². The second kappa shape index (κ2) is 5.66. The SMILES string of the molecule is O=S1(=O)CC[C@H](n2nc(C3CCCC3)nc2Cn2cnnn2)C1. The number of tetrazole rings is 1. The minimum Gasteiger partial charge on any atom is -0.244 e. The highest BCUT2D eigenvalue weighted by atomic mass is 32.2. The summed E-state index contributed by atoms with van der Waals surface area (Å²) in [4.78, 5) is 4.70. The number of rotatable bonds is 4. The number of hydrogen-bond acceptors (Lipinski definition) is 7. The smallest absolute Gasteiger partial charge is 0.154 e. The lowest BCUT2D eigenvalue weighted by molar-refractivity contribution is 0.457. The predicted molar refractivity (Wildman–Crippen MR) is 80.5 cm³/mol. The molecule has 0 bridgehead atoms. The minimum absolute atomic E-state index is 0.130. The Morgan fingerprint density at radius 2 is 2.04 bits per heavy atom. The first-order chi connectivity index (χ1) is 11.1. The number of aromatic nitrogens is 7. The molecule has 0 unspecified atom stereocenters. The second-order valence-electron chi connectivity index (χ2n) is 6.38. The van der Waals surface area contributed by atoms with Crippen LogP contribution < -0.4 is 0 Å². The van der Waals surface area contributed by atoms with Crippen LogP contribution in [0.1, 0.15) is 55.7 Å². The van der Waals surface area contributed by atoms with Crippen LogP contribution in [-0.2, 0) is 16.4 Å². The molecule has 1 saturated heterocycles. The summed E-state index contributed by atoms with van der Waals surface area (Å²) in [6, 6.07) is -0.130. The highest BCUT2D eigenvalue weighted by Crippen LogP contribution is 2.33. The van der Waals surface area contributed by atoms with Gasteiger partial charge >= 0.3 is 0 Å². The van der Waals surface area contributed by atoms with E-state index < -0.39 is 9.84 Å². The highest BCUT2D eigenvalue weighted by molar-refractivity contribution is 7.91. The summed E-state index contributed by atoms with van der Waals surface area (Å²) in [5.74, 6) is 2.34. The molecule has 3 heterocycles. The zero-order valence-electron chi connectivity index (χ0n) is 12.7. The summed E-state index contributed by atoms with van der Waals surface area (Å²) >= 11 is 0. The van der Waals surface area contributed by atoms with Crippen LogP contribution in [0.5, 0.6) is 0 Å². The maximum Gasteiger partial charge on any atom is 0.154 e. The molecule has 2 aromatic rings. The zero-order valence-corrected chi connectivity index (χ0v) is 13.6. The molecule has 1 aliphatic heterocycles. The fraction of sp³-hybridized carbons (Fsp3) is 0.769. The van der Waals surface area contributed by atoms with Gasteiger partial charge in [0.1, 0.15) is 18.7 Å². The fourth-order valence-electron chi connectivity index (χ4n) is 3.50. The van der Waals surface area contributed by atoms with Gasteiger partial charge in [0, 0.05) is 5.92 Å². The lowest BCUT2D eigenvalue weighted by Crippen LogP contribution is -2.17. The van der Waals surface area contributed by atoms with E-state index in [4.69, 9.17) is 4.98 Å². The lowest BCUT2D eigenvalue weighted by atomic mass is 10.1. The van der Waals surface area contributed by atoms with E-state index in [1.807, 2.05) is 0 Å². The molecular weight excluding hydrogens is 318 g/mol. The van der Waals surface area contributed by atoms with E-state index in [0.717, 1.165) is 24.5 Å². The Hall–Kier alpha value is -1.84. The van der Waals surface area contributed by atoms with Crippen molar-refractivity contribution >= 4 is 9.84 Å². The standard InChI is InChI=1S/C13H19N7O2S/c21-23(22)6-5-11(8-23)20-12(7-19-9-14-17-18-19)15-13(16-20)10-3-1-2-4-10/h9-11H,1-8H2/t11-/m0/s1. The Labute approximate surface area is 134 Å². The molecule has 2 aromatic heterocycles. The topological polar surface area (TPSA) is 108 Å². The van der Waals surface area contributed by atoms with Gasteiger partial charge in [-0.25, -0.2) is 22.8 Å². The molecule has 23 heavy (non-hydrogen) atoms. The second-order valence-corrected chi connectivity index (χ2v) is 8.61. The largest absolute Gasteiger partial charge is 0.244 e. The summed E-state index contributed by atoms with van der Waals surface area (Å²) in [7, 11) is -2.97. The van der Waals surface area contributed by atoms with Crippen LogP contribution in [-0.4, -0.2) is 54.9 Å². The van der Waals surface area contributed by atoms with Gasteiger partial charge in [0.2, 0.25) is 0 Å². The molecule has 9 nitrogen and oxygen atoms in total. The van der Waals surface area contributed by atoms with Crippen LogP contribution in [0.25, 0.3) is 0 Å². The summed E-state index contributed by atoms with van der Waals surface area (Å²) in [6.07, 6.45) is 6.76. The van der Waals surface area contributed by atoms with Crippen molar-refractivity contribution in [1.29, 1.82) is 0 Å². The van der Waals surface area contributed by atoms with E-state index >= 15 is 0 Å². The van der Waals surface area contributed by atoms with Crippen molar-refractivity contribution < 1.29 is 8.42 Å². The Morgan fingerprint density at radius 1 is 1.22 bits per heavy atom. The summed E-state index contributed by atoms with van der Waals surface area (Å²) < 4.78 is 27.0. The van der Waals surface area contributed by atoms with Crippen molar-refractivity contribution in [2.24, 2.45) is 0 Å². The minimum atomic E-state index is -2.97. The van der Waals surface area contributed by atoms with Gasteiger partial charge < -0.3 is 0 Å². The molecule has 2 aliphatic rings. The Morgan fingerprint density at radius 3 is 2.70 bits per heavy atom. The molecule has 10 heteroatoms. The van der Waals surface area contributed by atoms with Gasteiger partial charge in [-0.3, -0.25) is 0 Å². The number of hydrogen-bond donors (Lipinski definition) is 0. The van der Waals surface area contributed by atoms with Crippen molar-refractivity contribution in [3.05, 3.63) is 18.0 Å². The molecule has 1 aliphatic carbocycles. The van der Waals surface area contributed by atoms with Crippen LogP contribution in [0.3, 0.4) is 0 Å². The van der Waals surface area contributed by atoms with Gasteiger partial charge in [-0.1, -0.05) is 12.8 Å². The average molecular weight is 337 g/mol. The van der Waals surface area contributed by atoms with Gasteiger partial charge in [-0.2, -0.15) is 5.10 Å².